The number of carbonyl (C=O) groups excluding carboxylic acids is 1. The molecule has 11 heteroatoms. The first kappa shape index (κ1) is 61.9. The fourth-order valence-electron chi connectivity index (χ4n) is 9.03. The molecule has 0 bridgehead atoms. The van der Waals surface area contributed by atoms with Gasteiger partial charge < -0.3 is 50.5 Å². The smallest absolute Gasteiger partial charge is 0.249 e. The van der Waals surface area contributed by atoms with Crippen molar-refractivity contribution in [1.29, 1.82) is 0 Å². The van der Waals surface area contributed by atoms with E-state index < -0.39 is 74.2 Å². The molecular weight excluding hydrogens is 823 g/mol. The van der Waals surface area contributed by atoms with Gasteiger partial charge in [-0.2, -0.15) is 0 Å². The van der Waals surface area contributed by atoms with Gasteiger partial charge in [-0.25, -0.2) is 0 Å². The van der Waals surface area contributed by atoms with Crippen molar-refractivity contribution in [1.82, 2.24) is 5.32 Å². The van der Waals surface area contributed by atoms with Crippen molar-refractivity contribution in [2.45, 2.75) is 313 Å². The standard InChI is InChI=1S/C54H105NO10/c1-3-5-7-9-11-13-14-15-16-17-18-19-20-21-22-23-24-25-26-27-28-29-30-31-32-33-34-36-38-40-42-47(58)53(63)55-45(44-64-54-52(62)51(61)50(60)48(43-56)65-54)49(59)46(57)41-39-37-35-12-10-8-6-4-2/h12,35,45-52,54,56-62H,3-11,13-34,36-44H2,1-2H3,(H,55,63)/b35-12+. The molecule has 1 amide bonds. The lowest BCUT2D eigenvalue weighted by Crippen LogP contribution is -2.60. The van der Waals surface area contributed by atoms with Crippen LogP contribution in [0.4, 0.5) is 0 Å². The minimum atomic E-state index is -1.66. The first-order valence-corrected chi connectivity index (χ1v) is 27.6. The van der Waals surface area contributed by atoms with E-state index in [0.717, 1.165) is 44.9 Å². The molecule has 1 fully saturated rings. The lowest BCUT2D eigenvalue weighted by atomic mass is 9.98. The first-order chi connectivity index (χ1) is 31.7. The molecule has 9 atom stereocenters. The second kappa shape index (κ2) is 44.1. The molecular formula is C54H105NO10. The normalized spacial score (nSPS) is 20.9. The van der Waals surface area contributed by atoms with Crippen molar-refractivity contribution in [3.63, 3.8) is 0 Å². The van der Waals surface area contributed by atoms with Crippen LogP contribution in [0.25, 0.3) is 0 Å². The molecule has 1 saturated heterocycles. The van der Waals surface area contributed by atoms with Crippen molar-refractivity contribution in [2.24, 2.45) is 0 Å². The number of allylic oxidation sites excluding steroid dienone is 2. The van der Waals surface area contributed by atoms with E-state index in [-0.39, 0.29) is 12.8 Å². The van der Waals surface area contributed by atoms with Crippen molar-refractivity contribution in [3.05, 3.63) is 12.2 Å². The molecule has 1 heterocycles. The fraction of sp³-hybridized carbons (Fsp3) is 0.944. The summed E-state index contributed by atoms with van der Waals surface area (Å²) in [6.45, 7) is 3.38. The third kappa shape index (κ3) is 33.1. The van der Waals surface area contributed by atoms with Crippen LogP contribution in [0.5, 0.6) is 0 Å². The summed E-state index contributed by atoms with van der Waals surface area (Å²) >= 11 is 0. The van der Waals surface area contributed by atoms with Crippen LogP contribution in [-0.2, 0) is 14.3 Å². The SMILES string of the molecule is CCCCC/C=C/CCCC(O)C(O)C(COC1OC(CO)C(O)C(O)C1O)NC(=O)C(O)CCCCCCCCCCCCCCCCCCCCCCCCCCCCCCCC. The molecule has 0 radical (unpaired) electrons. The van der Waals surface area contributed by atoms with Gasteiger partial charge in [0, 0.05) is 0 Å². The first-order valence-electron chi connectivity index (χ1n) is 27.6. The van der Waals surface area contributed by atoms with Crippen LogP contribution in [0, 0.1) is 0 Å². The molecule has 0 spiro atoms. The van der Waals surface area contributed by atoms with Gasteiger partial charge in [0.2, 0.25) is 5.91 Å². The monoisotopic (exact) mass is 928 g/mol. The van der Waals surface area contributed by atoms with E-state index in [1.165, 1.54) is 173 Å². The van der Waals surface area contributed by atoms with Gasteiger partial charge in [0.25, 0.3) is 0 Å². The Labute approximate surface area is 398 Å². The van der Waals surface area contributed by atoms with Gasteiger partial charge in [0.05, 0.1) is 25.4 Å². The summed E-state index contributed by atoms with van der Waals surface area (Å²) in [6.07, 6.45) is 39.0. The molecule has 0 aromatic carbocycles. The largest absolute Gasteiger partial charge is 0.394 e. The van der Waals surface area contributed by atoms with Crippen molar-refractivity contribution in [3.8, 4) is 0 Å². The summed E-state index contributed by atoms with van der Waals surface area (Å²) in [5, 5.41) is 75.5. The van der Waals surface area contributed by atoms with E-state index in [0.29, 0.717) is 12.8 Å². The molecule has 1 rings (SSSR count). The van der Waals surface area contributed by atoms with Gasteiger partial charge in [0.15, 0.2) is 6.29 Å². The summed E-state index contributed by atoms with van der Waals surface area (Å²) in [4.78, 5) is 13.1. The van der Waals surface area contributed by atoms with Gasteiger partial charge in [-0.3, -0.25) is 4.79 Å². The molecule has 11 nitrogen and oxygen atoms in total. The average molecular weight is 928 g/mol. The van der Waals surface area contributed by atoms with Crippen LogP contribution < -0.4 is 5.32 Å². The Balaban J connectivity index is 2.15. The predicted molar refractivity (Wildman–Crippen MR) is 266 cm³/mol. The zero-order valence-corrected chi connectivity index (χ0v) is 42.0. The third-order valence-corrected chi connectivity index (χ3v) is 13.6. The number of ether oxygens (including phenoxy) is 2. The second-order valence-corrected chi connectivity index (χ2v) is 19.7. The van der Waals surface area contributed by atoms with E-state index in [2.05, 4.69) is 31.3 Å². The van der Waals surface area contributed by atoms with Crippen LogP contribution in [-0.4, -0.2) is 110 Å². The molecule has 65 heavy (non-hydrogen) atoms. The highest BCUT2D eigenvalue weighted by atomic mass is 16.7. The van der Waals surface area contributed by atoms with Crippen LogP contribution in [0.2, 0.25) is 0 Å². The number of amides is 1. The lowest BCUT2D eigenvalue weighted by Gasteiger charge is -2.40. The molecule has 0 aromatic rings. The summed E-state index contributed by atoms with van der Waals surface area (Å²) in [5.74, 6) is -0.705. The summed E-state index contributed by atoms with van der Waals surface area (Å²) in [7, 11) is 0. The van der Waals surface area contributed by atoms with Crippen LogP contribution >= 0.6 is 0 Å². The minimum absolute atomic E-state index is 0.259. The highest BCUT2D eigenvalue weighted by Gasteiger charge is 2.44. The van der Waals surface area contributed by atoms with Crippen LogP contribution in [0.15, 0.2) is 12.2 Å². The van der Waals surface area contributed by atoms with E-state index in [1.807, 2.05) is 0 Å². The second-order valence-electron chi connectivity index (χ2n) is 19.7. The number of hydrogen-bond acceptors (Lipinski definition) is 10. The number of nitrogens with one attached hydrogen (secondary N) is 1. The molecule has 0 saturated carbocycles. The van der Waals surface area contributed by atoms with Crippen molar-refractivity contribution >= 4 is 5.91 Å². The molecule has 9 unspecified atom stereocenters. The van der Waals surface area contributed by atoms with E-state index in [1.54, 1.807) is 0 Å². The predicted octanol–water partition coefficient (Wildman–Crippen LogP) is 10.8. The molecule has 8 N–H and O–H groups in total. The number of carbonyl (C=O) groups is 1. The quantitative estimate of drug-likeness (QED) is 0.0215. The van der Waals surface area contributed by atoms with E-state index in [9.17, 15) is 40.5 Å². The zero-order chi connectivity index (χ0) is 47.6. The Hall–Kier alpha value is -1.15. The molecule has 386 valence electrons. The Morgan fingerprint density at radius 3 is 1.32 bits per heavy atom. The topological polar surface area (TPSA) is 189 Å². The van der Waals surface area contributed by atoms with E-state index >= 15 is 0 Å². The van der Waals surface area contributed by atoms with Crippen molar-refractivity contribution < 1.29 is 50.0 Å². The minimum Gasteiger partial charge on any atom is -0.394 e. The van der Waals surface area contributed by atoms with Crippen LogP contribution in [0.1, 0.15) is 258 Å². The number of aliphatic hydroxyl groups excluding tert-OH is 7. The Morgan fingerprint density at radius 1 is 0.523 bits per heavy atom. The summed E-state index contributed by atoms with van der Waals surface area (Å²) in [6, 6.07) is -1.18. The Kier molecular flexibility index (Phi) is 42.0. The number of rotatable bonds is 47. The van der Waals surface area contributed by atoms with Gasteiger partial charge in [-0.15, -0.1) is 0 Å². The molecule has 0 aromatic heterocycles. The fourth-order valence-corrected chi connectivity index (χ4v) is 9.03. The summed E-state index contributed by atoms with van der Waals surface area (Å²) < 4.78 is 11.1. The highest BCUT2D eigenvalue weighted by molar-refractivity contribution is 5.80. The number of hydrogen-bond donors (Lipinski definition) is 8. The maximum absolute atomic E-state index is 13.1. The maximum Gasteiger partial charge on any atom is 0.249 e. The van der Waals surface area contributed by atoms with Crippen LogP contribution in [0.3, 0.4) is 0 Å². The Morgan fingerprint density at radius 2 is 0.908 bits per heavy atom. The highest BCUT2D eigenvalue weighted by Crippen LogP contribution is 2.23. The molecule has 1 aliphatic heterocycles. The van der Waals surface area contributed by atoms with E-state index in [4.69, 9.17) is 9.47 Å². The Bertz CT molecular complexity index is 1060. The van der Waals surface area contributed by atoms with Gasteiger partial charge >= 0.3 is 0 Å². The number of unbranched alkanes of at least 4 members (excludes halogenated alkanes) is 33. The average Bonchev–Trinajstić information content (AvgIpc) is 3.31. The van der Waals surface area contributed by atoms with Gasteiger partial charge in [-0.05, 0) is 38.5 Å². The maximum atomic E-state index is 13.1. The van der Waals surface area contributed by atoms with Gasteiger partial charge in [0.1, 0.15) is 36.6 Å². The third-order valence-electron chi connectivity index (χ3n) is 13.6. The molecule has 0 aliphatic carbocycles. The van der Waals surface area contributed by atoms with Gasteiger partial charge in [-0.1, -0.05) is 231 Å². The number of aliphatic hydroxyl groups is 7. The lowest BCUT2D eigenvalue weighted by molar-refractivity contribution is -0.303. The zero-order valence-electron chi connectivity index (χ0n) is 42.0. The molecule has 1 aliphatic rings. The van der Waals surface area contributed by atoms with Crippen molar-refractivity contribution in [2.75, 3.05) is 13.2 Å². The summed E-state index contributed by atoms with van der Waals surface area (Å²) in [5.41, 5.74) is 0.